The van der Waals surface area contributed by atoms with Gasteiger partial charge < -0.3 is 10.2 Å². The molecule has 0 aliphatic heterocycles. The first-order chi connectivity index (χ1) is 19.1. The Morgan fingerprint density at radius 3 is 2.15 bits per heavy atom. The van der Waals surface area contributed by atoms with E-state index in [0.717, 1.165) is 35.1 Å². The molecule has 1 atom stereocenters. The van der Waals surface area contributed by atoms with E-state index in [9.17, 15) is 18.0 Å². The Hall–Kier alpha value is -3.65. The predicted octanol–water partition coefficient (Wildman–Crippen LogP) is 5.53. The molecular weight excluding hydrogens is 522 g/mol. The molecule has 7 nitrogen and oxygen atoms in total. The van der Waals surface area contributed by atoms with Crippen LogP contribution in [-0.4, -0.2) is 44.3 Å². The van der Waals surface area contributed by atoms with Crippen LogP contribution in [0.15, 0.2) is 77.7 Å². The molecule has 0 aliphatic rings. The molecule has 0 radical (unpaired) electrons. The number of carbonyl (C=O) groups excluding carboxylic acids is 2. The van der Waals surface area contributed by atoms with Crippen molar-refractivity contribution in [1.82, 2.24) is 10.2 Å². The molecule has 2 amide bonds. The second-order valence-electron chi connectivity index (χ2n) is 10.2. The monoisotopic (exact) mass is 563 g/mol. The highest BCUT2D eigenvalue weighted by atomic mass is 32.2. The number of aryl methyl sites for hydroxylation is 3. The third-order valence-electron chi connectivity index (χ3n) is 6.93. The van der Waals surface area contributed by atoms with Gasteiger partial charge in [0, 0.05) is 13.1 Å². The van der Waals surface area contributed by atoms with Crippen molar-refractivity contribution in [3.05, 3.63) is 95.1 Å². The summed E-state index contributed by atoms with van der Waals surface area (Å²) < 4.78 is 29.3. The quantitative estimate of drug-likeness (QED) is 0.277. The molecule has 0 unspecified atom stereocenters. The van der Waals surface area contributed by atoms with Gasteiger partial charge in [-0.25, -0.2) is 8.42 Å². The fourth-order valence-electron chi connectivity index (χ4n) is 4.54. The van der Waals surface area contributed by atoms with Crippen LogP contribution in [0.3, 0.4) is 0 Å². The van der Waals surface area contributed by atoms with Gasteiger partial charge in [0.05, 0.1) is 10.6 Å². The average Bonchev–Trinajstić information content (AvgIpc) is 2.93. The molecule has 0 heterocycles. The number of hydrogen-bond acceptors (Lipinski definition) is 4. The van der Waals surface area contributed by atoms with E-state index in [4.69, 9.17) is 0 Å². The SMILES string of the molecule is CCCCNC(=O)[C@@H](CC)N(Cc1ccccc1)C(=O)CN(c1cc(C)ccc1C)S(=O)(=O)c1ccc(C)cc1. The minimum atomic E-state index is -4.10. The zero-order valence-corrected chi connectivity index (χ0v) is 25.0. The number of hydrogen-bond donors (Lipinski definition) is 1. The van der Waals surface area contributed by atoms with Gasteiger partial charge in [0.2, 0.25) is 11.8 Å². The van der Waals surface area contributed by atoms with Crippen LogP contribution >= 0.6 is 0 Å². The normalized spacial score (nSPS) is 12.0. The molecule has 8 heteroatoms. The molecule has 40 heavy (non-hydrogen) atoms. The van der Waals surface area contributed by atoms with Crippen LogP contribution in [-0.2, 0) is 26.2 Å². The topological polar surface area (TPSA) is 86.8 Å². The van der Waals surface area contributed by atoms with Crippen molar-refractivity contribution in [1.29, 1.82) is 0 Å². The van der Waals surface area contributed by atoms with E-state index in [1.807, 2.05) is 77.1 Å². The average molecular weight is 564 g/mol. The van der Waals surface area contributed by atoms with E-state index in [2.05, 4.69) is 5.32 Å². The number of anilines is 1. The Morgan fingerprint density at radius 1 is 0.875 bits per heavy atom. The lowest BCUT2D eigenvalue weighted by Gasteiger charge is -2.33. The van der Waals surface area contributed by atoms with Gasteiger partial charge in [-0.15, -0.1) is 0 Å². The summed E-state index contributed by atoms with van der Waals surface area (Å²) in [6, 6.07) is 20.8. The van der Waals surface area contributed by atoms with Crippen molar-refractivity contribution in [2.24, 2.45) is 0 Å². The first-order valence-corrected chi connectivity index (χ1v) is 15.3. The molecule has 214 valence electrons. The second-order valence-corrected chi connectivity index (χ2v) is 12.1. The van der Waals surface area contributed by atoms with Crippen molar-refractivity contribution < 1.29 is 18.0 Å². The van der Waals surface area contributed by atoms with E-state index in [1.54, 1.807) is 30.3 Å². The van der Waals surface area contributed by atoms with Gasteiger partial charge in [0.15, 0.2) is 0 Å². The zero-order chi connectivity index (χ0) is 29.3. The summed E-state index contributed by atoms with van der Waals surface area (Å²) in [5, 5.41) is 2.95. The Balaban J connectivity index is 2.06. The molecule has 0 spiro atoms. The third kappa shape index (κ3) is 7.72. The largest absolute Gasteiger partial charge is 0.354 e. The number of unbranched alkanes of at least 4 members (excludes halogenated alkanes) is 1. The van der Waals surface area contributed by atoms with E-state index in [1.165, 1.54) is 9.21 Å². The summed E-state index contributed by atoms with van der Waals surface area (Å²) >= 11 is 0. The van der Waals surface area contributed by atoms with Crippen LogP contribution in [0.4, 0.5) is 5.69 Å². The maximum atomic E-state index is 14.1. The van der Waals surface area contributed by atoms with Crippen LogP contribution in [0.5, 0.6) is 0 Å². The molecule has 0 saturated carbocycles. The Labute approximate surface area is 239 Å². The van der Waals surface area contributed by atoms with Gasteiger partial charge in [0.25, 0.3) is 10.0 Å². The van der Waals surface area contributed by atoms with E-state index in [-0.39, 0.29) is 17.3 Å². The smallest absolute Gasteiger partial charge is 0.264 e. The standard InChI is InChI=1S/C32H41N3O4S/c1-6-8-20-33-32(37)29(7-2)34(22-27-12-10-9-11-13-27)31(36)23-35(30-21-25(4)14-17-26(30)5)40(38,39)28-18-15-24(3)16-19-28/h9-19,21,29H,6-8,20,22-23H2,1-5H3,(H,33,37)/t29-/m1/s1. The lowest BCUT2D eigenvalue weighted by molar-refractivity contribution is -0.140. The number of carbonyl (C=O) groups is 2. The molecule has 0 bridgehead atoms. The van der Waals surface area contributed by atoms with Crippen LogP contribution < -0.4 is 9.62 Å². The number of amides is 2. The lowest BCUT2D eigenvalue weighted by atomic mass is 10.1. The minimum absolute atomic E-state index is 0.103. The highest BCUT2D eigenvalue weighted by molar-refractivity contribution is 7.92. The van der Waals surface area contributed by atoms with Crippen LogP contribution in [0.25, 0.3) is 0 Å². The third-order valence-corrected chi connectivity index (χ3v) is 8.71. The van der Waals surface area contributed by atoms with Gasteiger partial charge in [-0.05, 0) is 68.5 Å². The van der Waals surface area contributed by atoms with E-state index in [0.29, 0.717) is 18.7 Å². The Morgan fingerprint density at radius 2 is 1.52 bits per heavy atom. The first-order valence-electron chi connectivity index (χ1n) is 13.9. The van der Waals surface area contributed by atoms with Gasteiger partial charge in [-0.3, -0.25) is 13.9 Å². The summed E-state index contributed by atoms with van der Waals surface area (Å²) in [7, 11) is -4.10. The van der Waals surface area contributed by atoms with E-state index >= 15 is 0 Å². The maximum Gasteiger partial charge on any atom is 0.264 e. The highest BCUT2D eigenvalue weighted by Crippen LogP contribution is 2.29. The number of benzene rings is 3. The van der Waals surface area contributed by atoms with Crippen molar-refractivity contribution in [3.63, 3.8) is 0 Å². The highest BCUT2D eigenvalue weighted by Gasteiger charge is 2.34. The number of nitrogens with zero attached hydrogens (tertiary/aromatic N) is 2. The number of nitrogens with one attached hydrogen (secondary N) is 1. The molecular formula is C32H41N3O4S. The summed E-state index contributed by atoms with van der Waals surface area (Å²) in [5.74, 6) is -0.683. The molecule has 0 fully saturated rings. The van der Waals surface area contributed by atoms with Crippen molar-refractivity contribution in [2.45, 2.75) is 71.4 Å². The maximum absolute atomic E-state index is 14.1. The molecule has 3 rings (SSSR count). The van der Waals surface area contributed by atoms with E-state index < -0.39 is 28.5 Å². The molecule has 0 aliphatic carbocycles. The van der Waals surface area contributed by atoms with Crippen LogP contribution in [0, 0.1) is 20.8 Å². The van der Waals surface area contributed by atoms with Crippen molar-refractivity contribution in [2.75, 3.05) is 17.4 Å². The van der Waals surface area contributed by atoms with Gasteiger partial charge in [-0.2, -0.15) is 0 Å². The predicted molar refractivity (Wildman–Crippen MR) is 161 cm³/mol. The van der Waals surface area contributed by atoms with Gasteiger partial charge in [0.1, 0.15) is 12.6 Å². The van der Waals surface area contributed by atoms with Crippen LogP contribution in [0.2, 0.25) is 0 Å². The summed E-state index contributed by atoms with van der Waals surface area (Å²) in [5.41, 5.74) is 3.83. The van der Waals surface area contributed by atoms with Gasteiger partial charge >= 0.3 is 0 Å². The summed E-state index contributed by atoms with van der Waals surface area (Å²) in [6.45, 7) is 9.78. The Kier molecular flexibility index (Phi) is 10.9. The zero-order valence-electron chi connectivity index (χ0n) is 24.2. The first kappa shape index (κ1) is 30.9. The number of rotatable bonds is 13. The molecule has 0 saturated heterocycles. The van der Waals surface area contributed by atoms with Crippen LogP contribution in [0.1, 0.15) is 55.4 Å². The molecule has 1 N–H and O–H groups in total. The lowest BCUT2D eigenvalue weighted by Crippen LogP contribution is -2.52. The molecule has 0 aromatic heterocycles. The van der Waals surface area contributed by atoms with Crippen molar-refractivity contribution in [3.8, 4) is 0 Å². The Bertz CT molecular complexity index is 1390. The second kappa shape index (κ2) is 14.1. The minimum Gasteiger partial charge on any atom is -0.354 e. The fraction of sp³-hybridized carbons (Fsp3) is 0.375. The van der Waals surface area contributed by atoms with Gasteiger partial charge in [-0.1, -0.05) is 80.4 Å². The molecule has 3 aromatic rings. The number of sulfonamides is 1. The molecule has 3 aromatic carbocycles. The van der Waals surface area contributed by atoms with Crippen molar-refractivity contribution >= 4 is 27.5 Å². The summed E-state index contributed by atoms with van der Waals surface area (Å²) in [4.78, 5) is 29.0. The fourth-order valence-corrected chi connectivity index (χ4v) is 6.02. The summed E-state index contributed by atoms with van der Waals surface area (Å²) in [6.07, 6.45) is 2.17.